The van der Waals surface area contributed by atoms with Gasteiger partial charge in [-0.1, -0.05) is 12.1 Å². The first-order valence-electron chi connectivity index (χ1n) is 4.15. The molecule has 0 aromatic heterocycles. The van der Waals surface area contributed by atoms with E-state index >= 15 is 0 Å². The molecule has 1 aromatic carbocycles. The highest BCUT2D eigenvalue weighted by Crippen LogP contribution is 2.11. The van der Waals surface area contributed by atoms with Gasteiger partial charge in [0.05, 0.1) is 11.5 Å². The van der Waals surface area contributed by atoms with Crippen molar-refractivity contribution in [2.75, 3.05) is 12.9 Å². The van der Waals surface area contributed by atoms with E-state index in [1.807, 2.05) is 6.07 Å². The molecule has 0 heterocycles. The number of hydrogen-bond donors (Lipinski definition) is 1. The van der Waals surface area contributed by atoms with Crippen LogP contribution in [0.3, 0.4) is 0 Å². The van der Waals surface area contributed by atoms with E-state index in [1.54, 1.807) is 18.2 Å². The maximum Gasteiger partial charge on any atom is 0.175 e. The first-order chi connectivity index (χ1) is 6.54. The molecule has 0 aliphatic heterocycles. The third-order valence-corrected chi connectivity index (χ3v) is 2.95. The smallest absolute Gasteiger partial charge is 0.175 e. The second kappa shape index (κ2) is 4.54. The Labute approximate surface area is 83.6 Å². The van der Waals surface area contributed by atoms with Gasteiger partial charge in [0.2, 0.25) is 0 Å². The van der Waals surface area contributed by atoms with Crippen molar-refractivity contribution in [1.82, 2.24) is 0 Å². The second-order valence-corrected chi connectivity index (χ2v) is 5.06. The fourth-order valence-corrected chi connectivity index (χ4v) is 1.80. The molecule has 4 nitrogen and oxygen atoms in total. The molecule has 0 unspecified atom stereocenters. The van der Waals surface area contributed by atoms with E-state index in [0.29, 0.717) is 17.9 Å². The van der Waals surface area contributed by atoms with Crippen molar-refractivity contribution in [3.63, 3.8) is 0 Å². The normalized spacial score (nSPS) is 11.6. The van der Waals surface area contributed by atoms with Crippen LogP contribution in [0, 0.1) is 0 Å². The highest BCUT2D eigenvalue weighted by molar-refractivity contribution is 7.90. The van der Waals surface area contributed by atoms with Crippen molar-refractivity contribution in [2.24, 2.45) is 5.90 Å². The van der Waals surface area contributed by atoms with Crippen molar-refractivity contribution in [2.45, 2.75) is 11.3 Å². The highest BCUT2D eigenvalue weighted by Gasteiger charge is 2.06. The molecule has 14 heavy (non-hydrogen) atoms. The molecule has 0 saturated carbocycles. The van der Waals surface area contributed by atoms with Gasteiger partial charge < -0.3 is 4.84 Å². The Bertz CT molecular complexity index is 400. The Morgan fingerprint density at radius 2 is 2.14 bits per heavy atom. The zero-order chi connectivity index (χ0) is 10.6. The molecular weight excluding hydrogens is 202 g/mol. The molecule has 2 N–H and O–H groups in total. The van der Waals surface area contributed by atoms with Crippen LogP contribution in [0.2, 0.25) is 0 Å². The van der Waals surface area contributed by atoms with E-state index in [0.717, 1.165) is 5.56 Å². The van der Waals surface area contributed by atoms with Gasteiger partial charge in [-0.2, -0.15) is 0 Å². The van der Waals surface area contributed by atoms with Gasteiger partial charge in [-0.25, -0.2) is 14.3 Å². The average Bonchev–Trinajstić information content (AvgIpc) is 2.14. The van der Waals surface area contributed by atoms with Crippen LogP contribution in [0.4, 0.5) is 0 Å². The summed E-state index contributed by atoms with van der Waals surface area (Å²) in [6, 6.07) is 6.76. The monoisotopic (exact) mass is 215 g/mol. The van der Waals surface area contributed by atoms with Gasteiger partial charge in [0.25, 0.3) is 0 Å². The Hall–Kier alpha value is -0.910. The zero-order valence-corrected chi connectivity index (χ0v) is 8.75. The maximum atomic E-state index is 11.2. The van der Waals surface area contributed by atoms with Crippen molar-refractivity contribution in [3.05, 3.63) is 29.8 Å². The molecule has 1 aromatic rings. The fraction of sp³-hybridized carbons (Fsp3) is 0.333. The second-order valence-electron chi connectivity index (χ2n) is 3.04. The summed E-state index contributed by atoms with van der Waals surface area (Å²) in [6.07, 6.45) is 1.80. The molecule has 0 bridgehead atoms. The van der Waals surface area contributed by atoms with Crippen molar-refractivity contribution in [3.8, 4) is 0 Å². The maximum absolute atomic E-state index is 11.2. The summed E-state index contributed by atoms with van der Waals surface area (Å²) < 4.78 is 22.4. The minimum atomic E-state index is -3.12. The number of rotatable bonds is 4. The number of nitrogens with two attached hydrogens (primary N) is 1. The molecule has 0 aliphatic carbocycles. The van der Waals surface area contributed by atoms with E-state index < -0.39 is 9.84 Å². The molecule has 0 saturated heterocycles. The van der Waals surface area contributed by atoms with Crippen molar-refractivity contribution < 1.29 is 13.3 Å². The van der Waals surface area contributed by atoms with Crippen LogP contribution in [0.5, 0.6) is 0 Å². The predicted octanol–water partition coefficient (Wildman–Crippen LogP) is 0.523. The summed E-state index contributed by atoms with van der Waals surface area (Å²) in [4.78, 5) is 4.75. The molecule has 0 amide bonds. The largest absolute Gasteiger partial charge is 0.304 e. The Balaban J connectivity index is 2.90. The predicted molar refractivity (Wildman–Crippen MR) is 53.4 cm³/mol. The minimum absolute atomic E-state index is 0.326. The van der Waals surface area contributed by atoms with E-state index in [4.69, 9.17) is 5.90 Å². The van der Waals surface area contributed by atoms with Crippen LogP contribution < -0.4 is 5.90 Å². The van der Waals surface area contributed by atoms with Gasteiger partial charge in [-0.05, 0) is 24.1 Å². The number of hydrogen-bond acceptors (Lipinski definition) is 4. The first kappa shape index (κ1) is 11.2. The van der Waals surface area contributed by atoms with Crippen LogP contribution in [-0.2, 0) is 21.1 Å². The zero-order valence-electron chi connectivity index (χ0n) is 7.93. The van der Waals surface area contributed by atoms with Crippen LogP contribution in [0.1, 0.15) is 5.56 Å². The Morgan fingerprint density at radius 3 is 2.71 bits per heavy atom. The average molecular weight is 215 g/mol. The summed E-state index contributed by atoms with van der Waals surface area (Å²) in [6.45, 7) is 0.382. The van der Waals surface area contributed by atoms with Crippen LogP contribution in [0.15, 0.2) is 29.2 Å². The number of benzene rings is 1. The Kier molecular flexibility index (Phi) is 3.62. The van der Waals surface area contributed by atoms with E-state index in [2.05, 4.69) is 4.84 Å². The SMILES string of the molecule is CS(=O)(=O)c1cccc(CCON)c1. The van der Waals surface area contributed by atoms with Gasteiger partial charge >= 0.3 is 0 Å². The topological polar surface area (TPSA) is 69.4 Å². The minimum Gasteiger partial charge on any atom is -0.304 e. The molecule has 0 radical (unpaired) electrons. The van der Waals surface area contributed by atoms with Gasteiger partial charge in [0, 0.05) is 6.26 Å². The summed E-state index contributed by atoms with van der Waals surface area (Å²) in [5.41, 5.74) is 0.901. The van der Waals surface area contributed by atoms with Crippen molar-refractivity contribution >= 4 is 9.84 Å². The van der Waals surface area contributed by atoms with Gasteiger partial charge in [-0.3, -0.25) is 0 Å². The van der Waals surface area contributed by atoms with E-state index in [-0.39, 0.29) is 0 Å². The van der Waals surface area contributed by atoms with Crippen LogP contribution >= 0.6 is 0 Å². The summed E-state index contributed by atoms with van der Waals surface area (Å²) in [5, 5.41) is 0. The molecule has 0 atom stereocenters. The standard InChI is InChI=1S/C9H13NO3S/c1-14(11,12)9-4-2-3-8(7-9)5-6-13-10/h2-4,7H,5-6,10H2,1H3. The summed E-state index contributed by atoms with van der Waals surface area (Å²) in [7, 11) is -3.12. The fourth-order valence-electron chi connectivity index (χ4n) is 1.11. The first-order valence-corrected chi connectivity index (χ1v) is 6.04. The third-order valence-electron chi connectivity index (χ3n) is 1.84. The summed E-state index contributed by atoms with van der Waals surface area (Å²) >= 11 is 0. The van der Waals surface area contributed by atoms with Gasteiger partial charge in [0.15, 0.2) is 9.84 Å². The molecular formula is C9H13NO3S. The molecule has 1 rings (SSSR count). The lowest BCUT2D eigenvalue weighted by Gasteiger charge is -2.02. The van der Waals surface area contributed by atoms with Crippen molar-refractivity contribution in [1.29, 1.82) is 0 Å². The van der Waals surface area contributed by atoms with Crippen LogP contribution in [0.25, 0.3) is 0 Å². The summed E-state index contributed by atoms with van der Waals surface area (Å²) in [5.74, 6) is 4.88. The quantitative estimate of drug-likeness (QED) is 0.743. The lowest BCUT2D eigenvalue weighted by molar-refractivity contribution is 0.141. The van der Waals surface area contributed by atoms with Gasteiger partial charge in [0.1, 0.15) is 0 Å². The lowest BCUT2D eigenvalue weighted by atomic mass is 10.2. The number of sulfone groups is 1. The van der Waals surface area contributed by atoms with E-state index in [9.17, 15) is 8.42 Å². The lowest BCUT2D eigenvalue weighted by Crippen LogP contribution is -2.04. The molecule has 78 valence electrons. The molecule has 5 heteroatoms. The third kappa shape index (κ3) is 3.10. The van der Waals surface area contributed by atoms with E-state index in [1.165, 1.54) is 6.26 Å². The van der Waals surface area contributed by atoms with Gasteiger partial charge in [-0.15, -0.1) is 0 Å². The molecule has 0 fully saturated rings. The highest BCUT2D eigenvalue weighted by atomic mass is 32.2. The van der Waals surface area contributed by atoms with Crippen LogP contribution in [-0.4, -0.2) is 21.3 Å². The molecule has 0 spiro atoms. The Morgan fingerprint density at radius 1 is 1.43 bits per heavy atom. The molecule has 0 aliphatic rings.